The van der Waals surface area contributed by atoms with Crippen LogP contribution in [0.5, 0.6) is 5.75 Å². The number of aliphatic imine (C=N–C) groups is 1. The van der Waals surface area contributed by atoms with Crippen LogP contribution in [-0.4, -0.2) is 60.0 Å². The van der Waals surface area contributed by atoms with E-state index in [1.165, 1.54) is 11.1 Å². The van der Waals surface area contributed by atoms with Crippen molar-refractivity contribution >= 4 is 22.8 Å². The lowest BCUT2D eigenvalue weighted by molar-refractivity contribution is -0.0742. The molecule has 2 atom stereocenters. The lowest BCUT2D eigenvalue weighted by Gasteiger charge is -2.31. The molecule has 3 aromatic rings. The van der Waals surface area contributed by atoms with E-state index in [0.717, 1.165) is 41.4 Å². The highest BCUT2D eigenvalue weighted by atomic mass is 16.7. The molecule has 0 fully saturated rings. The van der Waals surface area contributed by atoms with Crippen LogP contribution < -0.4 is 15.0 Å². The lowest BCUT2D eigenvalue weighted by atomic mass is 9.76. The quantitative estimate of drug-likeness (QED) is 0.156. The molecule has 2 heterocycles. The first-order valence-electron chi connectivity index (χ1n) is 15.8. The van der Waals surface area contributed by atoms with Gasteiger partial charge < -0.3 is 14.4 Å². The molecule has 238 valence electrons. The number of benzene rings is 2. The van der Waals surface area contributed by atoms with Crippen molar-refractivity contribution in [3.05, 3.63) is 65.2 Å². The van der Waals surface area contributed by atoms with Crippen LogP contribution in [0.25, 0.3) is 0 Å². The van der Waals surface area contributed by atoms with E-state index < -0.39 is 6.29 Å². The average molecular weight is 602 g/mol. The van der Waals surface area contributed by atoms with Gasteiger partial charge >= 0.3 is 0 Å². The first-order chi connectivity index (χ1) is 20.8. The molecule has 0 saturated carbocycles. The summed E-state index contributed by atoms with van der Waals surface area (Å²) in [5.41, 5.74) is 6.18. The third kappa shape index (κ3) is 7.56. The maximum atomic E-state index is 6.34. The van der Waals surface area contributed by atoms with E-state index >= 15 is 0 Å². The van der Waals surface area contributed by atoms with Gasteiger partial charge in [0.2, 0.25) is 5.82 Å². The summed E-state index contributed by atoms with van der Waals surface area (Å²) in [6, 6.07) is 14.7. The van der Waals surface area contributed by atoms with Crippen LogP contribution in [-0.2, 0) is 15.6 Å². The van der Waals surface area contributed by atoms with E-state index in [1.807, 2.05) is 52.2 Å². The van der Waals surface area contributed by atoms with Crippen molar-refractivity contribution < 1.29 is 9.47 Å². The molecule has 44 heavy (non-hydrogen) atoms. The van der Waals surface area contributed by atoms with Crippen molar-refractivity contribution in [2.24, 2.45) is 10.1 Å². The van der Waals surface area contributed by atoms with Crippen molar-refractivity contribution in [1.82, 2.24) is 20.2 Å². The molecular weight excluding hydrogens is 550 g/mol. The summed E-state index contributed by atoms with van der Waals surface area (Å²) in [5, 5.41) is 12.6. The molecule has 4 rings (SSSR count). The first-order valence-corrected chi connectivity index (χ1v) is 15.8. The van der Waals surface area contributed by atoms with Gasteiger partial charge in [-0.3, -0.25) is 5.32 Å². The van der Waals surface area contributed by atoms with Gasteiger partial charge in [-0.05, 0) is 73.4 Å². The van der Waals surface area contributed by atoms with Crippen molar-refractivity contribution in [3.63, 3.8) is 0 Å². The second-order valence-corrected chi connectivity index (χ2v) is 13.3. The Bertz CT molecular complexity index is 1490. The third-order valence-electron chi connectivity index (χ3n) is 8.88. The molecule has 2 aromatic carbocycles. The predicted molar refractivity (Wildman–Crippen MR) is 181 cm³/mol. The minimum Gasteiger partial charge on any atom is -0.465 e. The minimum absolute atomic E-state index is 0.00965. The molecule has 1 aliphatic heterocycles. The number of fused-ring (bicyclic) bond motifs is 1. The summed E-state index contributed by atoms with van der Waals surface area (Å²) in [6.07, 6.45) is 1.68. The second kappa shape index (κ2) is 13.6. The summed E-state index contributed by atoms with van der Waals surface area (Å²) in [4.78, 5) is 13.3. The Labute approximate surface area is 263 Å². The molecule has 9 nitrogen and oxygen atoms in total. The maximum absolute atomic E-state index is 6.34. The molecular formula is C35H51N7O2. The number of hydrogen-bond donors (Lipinski definition) is 1. The fraction of sp³-hybridized carbons (Fsp3) is 0.543. The van der Waals surface area contributed by atoms with Gasteiger partial charge in [0.25, 0.3) is 0 Å². The van der Waals surface area contributed by atoms with E-state index in [1.54, 1.807) is 4.79 Å². The number of aromatic nitrogens is 3. The molecule has 0 bridgehead atoms. The van der Waals surface area contributed by atoms with Crippen LogP contribution in [0.4, 0.5) is 11.4 Å². The minimum atomic E-state index is -0.411. The summed E-state index contributed by atoms with van der Waals surface area (Å²) in [5.74, 6) is 2.31. The Hall–Kier alpha value is -3.56. The van der Waals surface area contributed by atoms with Crippen molar-refractivity contribution in [2.75, 3.05) is 32.3 Å². The van der Waals surface area contributed by atoms with Crippen LogP contribution in [0.2, 0.25) is 0 Å². The van der Waals surface area contributed by atoms with Crippen LogP contribution in [0, 0.1) is 0 Å². The Kier molecular flexibility index (Phi) is 10.3. The standard InChI is InChI=1S/C35H51N7O2/c1-12-34(6,7)26-14-19-30(29(20-26)35(8,9)13-2)44-25(5)43-22-36-21-23(3)32-38-33-31(24(4)39-42(33)40-32)37-27-15-17-28(18-16-27)41(10)11/h14-20,23,25,36H,12-13,21-22H2,1-11H3. The van der Waals surface area contributed by atoms with Crippen molar-refractivity contribution in [3.8, 4) is 5.75 Å². The number of hydrogen-bond acceptors (Lipinski definition) is 8. The fourth-order valence-electron chi connectivity index (χ4n) is 4.92. The molecule has 0 aliphatic carbocycles. The third-order valence-corrected chi connectivity index (χ3v) is 8.88. The Morgan fingerprint density at radius 3 is 2.30 bits per heavy atom. The van der Waals surface area contributed by atoms with E-state index in [-0.39, 0.29) is 16.7 Å². The maximum Gasteiger partial charge on any atom is 0.204 e. The van der Waals surface area contributed by atoms with E-state index in [0.29, 0.717) is 24.9 Å². The topological polar surface area (TPSA) is 89.2 Å². The van der Waals surface area contributed by atoms with Gasteiger partial charge in [-0.2, -0.15) is 5.10 Å². The largest absolute Gasteiger partial charge is 0.465 e. The monoisotopic (exact) mass is 601 g/mol. The van der Waals surface area contributed by atoms with E-state index in [4.69, 9.17) is 19.5 Å². The van der Waals surface area contributed by atoms with E-state index in [9.17, 15) is 0 Å². The summed E-state index contributed by atoms with van der Waals surface area (Å²) in [6.45, 7) is 20.5. The number of nitrogens with one attached hydrogen (secondary N) is 1. The highest BCUT2D eigenvalue weighted by Gasteiger charge is 2.28. The van der Waals surface area contributed by atoms with Gasteiger partial charge in [-0.1, -0.05) is 60.6 Å². The Balaban J connectivity index is 1.34. The molecule has 0 saturated heterocycles. The average Bonchev–Trinajstić information content (AvgIpc) is 3.53. The Morgan fingerprint density at radius 1 is 0.977 bits per heavy atom. The first kappa shape index (κ1) is 33.3. The molecule has 0 amide bonds. The zero-order chi connectivity index (χ0) is 32.2. The number of ether oxygens (including phenoxy) is 2. The van der Waals surface area contributed by atoms with Gasteiger partial charge in [0.15, 0.2) is 12.1 Å². The fourth-order valence-corrected chi connectivity index (χ4v) is 4.92. The highest BCUT2D eigenvalue weighted by Crippen LogP contribution is 2.39. The van der Waals surface area contributed by atoms with Crippen LogP contribution in [0.15, 0.2) is 52.6 Å². The highest BCUT2D eigenvalue weighted by molar-refractivity contribution is 6.48. The number of anilines is 1. The molecule has 0 spiro atoms. The van der Waals surface area contributed by atoms with Gasteiger partial charge in [-0.25, -0.2) is 9.98 Å². The van der Waals surface area contributed by atoms with E-state index in [2.05, 4.69) is 87.1 Å². The SMILES string of the molecule is CCC(C)(C)c1ccc(OC(C)OCNCC(C)c2nc3n(n2)N=C(C)C3=Nc2ccc(N(C)C)cc2)c(C(C)(C)CC)c1. The van der Waals surface area contributed by atoms with Gasteiger partial charge in [0.1, 0.15) is 18.2 Å². The predicted octanol–water partition coefficient (Wildman–Crippen LogP) is 7.17. The molecule has 1 aliphatic rings. The number of rotatable bonds is 14. The van der Waals surface area contributed by atoms with Crippen LogP contribution in [0.1, 0.15) is 104 Å². The van der Waals surface area contributed by atoms with Gasteiger partial charge in [0, 0.05) is 37.8 Å². The normalized spacial score (nSPS) is 15.7. The van der Waals surface area contributed by atoms with Crippen molar-refractivity contribution in [2.45, 2.75) is 98.2 Å². The van der Waals surface area contributed by atoms with Gasteiger partial charge in [-0.15, -0.1) is 9.89 Å². The zero-order valence-electron chi connectivity index (χ0n) is 28.5. The number of nitrogens with zero attached hydrogens (tertiary/aromatic N) is 6. The summed E-state index contributed by atoms with van der Waals surface area (Å²) >= 11 is 0. The molecule has 1 aromatic heterocycles. The summed E-state index contributed by atoms with van der Waals surface area (Å²) in [7, 11) is 4.04. The second-order valence-electron chi connectivity index (χ2n) is 13.3. The van der Waals surface area contributed by atoms with Crippen LogP contribution in [0.3, 0.4) is 0 Å². The zero-order valence-corrected chi connectivity index (χ0v) is 28.5. The lowest BCUT2D eigenvalue weighted by Crippen LogP contribution is -2.29. The molecule has 0 radical (unpaired) electrons. The Morgan fingerprint density at radius 2 is 1.66 bits per heavy atom. The van der Waals surface area contributed by atoms with Crippen molar-refractivity contribution in [1.29, 1.82) is 0 Å². The van der Waals surface area contributed by atoms with Crippen LogP contribution >= 0.6 is 0 Å². The van der Waals surface area contributed by atoms with Gasteiger partial charge in [0.05, 0.1) is 11.4 Å². The molecule has 1 N–H and O–H groups in total. The smallest absolute Gasteiger partial charge is 0.204 e. The molecule has 2 unspecified atom stereocenters. The molecule has 9 heteroatoms. The summed E-state index contributed by atoms with van der Waals surface area (Å²) < 4.78 is 12.3.